The van der Waals surface area contributed by atoms with Crippen LogP contribution in [0.1, 0.15) is 36.1 Å². The zero-order valence-corrected chi connectivity index (χ0v) is 19.6. The number of fused-ring (bicyclic) bond motifs is 1. The molecule has 1 atom stereocenters. The molecule has 1 unspecified atom stereocenters. The van der Waals surface area contributed by atoms with Crippen LogP contribution < -0.4 is 19.1 Å². The summed E-state index contributed by atoms with van der Waals surface area (Å²) in [5.74, 6) is 0.0584. The smallest absolute Gasteiger partial charge is 0.241 e. The van der Waals surface area contributed by atoms with Gasteiger partial charge in [-0.25, -0.2) is 8.42 Å². The zero-order valence-electron chi connectivity index (χ0n) is 18.1. The van der Waals surface area contributed by atoms with Gasteiger partial charge in [-0.3, -0.25) is 9.10 Å². The Labute approximate surface area is 188 Å². The Bertz CT molecular complexity index is 1090. The van der Waals surface area contributed by atoms with E-state index < -0.39 is 22.5 Å². The number of aryl methyl sites for hydroxylation is 2. The first-order valence-corrected chi connectivity index (χ1v) is 12.2. The highest BCUT2D eigenvalue weighted by atomic mass is 35.5. The summed E-state index contributed by atoms with van der Waals surface area (Å²) >= 11 is 6.13. The molecule has 1 amide bonds. The number of carbonyl (C=O) groups excluding carboxylic acids is 1. The highest BCUT2D eigenvalue weighted by Gasteiger charge is 2.26. The fraction of sp³-hybridized carbons (Fsp3) is 0.409. The van der Waals surface area contributed by atoms with Gasteiger partial charge in [-0.05, 0) is 42.9 Å². The minimum Gasteiger partial charge on any atom is -0.495 e. The summed E-state index contributed by atoms with van der Waals surface area (Å²) in [7, 11) is -0.973. The third-order valence-electron chi connectivity index (χ3n) is 5.41. The summed E-state index contributed by atoms with van der Waals surface area (Å²) < 4.78 is 36.5. The van der Waals surface area contributed by atoms with Gasteiger partial charge in [0.25, 0.3) is 0 Å². The van der Waals surface area contributed by atoms with Gasteiger partial charge in [0, 0.05) is 12.1 Å². The number of hydrogen-bond acceptors (Lipinski definition) is 5. The van der Waals surface area contributed by atoms with Gasteiger partial charge in [0.05, 0.1) is 37.2 Å². The van der Waals surface area contributed by atoms with E-state index in [2.05, 4.69) is 17.4 Å². The Morgan fingerprint density at radius 3 is 2.45 bits per heavy atom. The zero-order chi connectivity index (χ0) is 22.8. The SMILES string of the molecule is COc1cc(N(CC(=O)NC(C)c2ccc3c(c2)CCC3)S(C)(=O)=O)c(OC)cc1Cl. The summed E-state index contributed by atoms with van der Waals surface area (Å²) in [5, 5.41) is 3.16. The van der Waals surface area contributed by atoms with E-state index in [9.17, 15) is 13.2 Å². The maximum Gasteiger partial charge on any atom is 0.241 e. The van der Waals surface area contributed by atoms with Crippen molar-refractivity contribution in [3.8, 4) is 11.5 Å². The normalized spacial score (nSPS) is 14.0. The van der Waals surface area contributed by atoms with Crippen molar-refractivity contribution in [2.24, 2.45) is 0 Å². The number of nitrogens with zero attached hydrogens (tertiary/aromatic N) is 1. The van der Waals surface area contributed by atoms with Crippen molar-refractivity contribution in [3.05, 3.63) is 52.0 Å². The number of ether oxygens (including phenoxy) is 2. The summed E-state index contributed by atoms with van der Waals surface area (Å²) in [5.41, 5.74) is 3.83. The standard InChI is InChI=1S/C22H27ClN2O5S/c1-14(16-9-8-15-6-5-7-17(15)10-16)24-22(26)13-25(31(4,27)28)19-12-20(29-2)18(23)11-21(19)30-3/h8-12,14H,5-7,13H2,1-4H3,(H,24,26). The van der Waals surface area contributed by atoms with Crippen molar-refractivity contribution in [3.63, 3.8) is 0 Å². The highest BCUT2D eigenvalue weighted by molar-refractivity contribution is 7.92. The van der Waals surface area contributed by atoms with Gasteiger partial charge in [-0.1, -0.05) is 29.8 Å². The van der Waals surface area contributed by atoms with E-state index in [1.54, 1.807) is 0 Å². The van der Waals surface area contributed by atoms with Crippen molar-refractivity contribution in [1.82, 2.24) is 5.32 Å². The number of benzene rings is 2. The molecule has 0 saturated carbocycles. The van der Waals surface area contributed by atoms with Gasteiger partial charge < -0.3 is 14.8 Å². The minimum absolute atomic E-state index is 0.173. The minimum atomic E-state index is -3.80. The van der Waals surface area contributed by atoms with E-state index >= 15 is 0 Å². The molecule has 2 aromatic carbocycles. The fourth-order valence-electron chi connectivity index (χ4n) is 3.78. The number of amides is 1. The van der Waals surface area contributed by atoms with E-state index in [0.29, 0.717) is 0 Å². The third kappa shape index (κ3) is 5.25. The average molecular weight is 467 g/mol. The Kier molecular flexibility index (Phi) is 7.01. The predicted molar refractivity (Wildman–Crippen MR) is 122 cm³/mol. The molecule has 1 aliphatic carbocycles. The topological polar surface area (TPSA) is 84.9 Å². The van der Waals surface area contributed by atoms with Gasteiger partial charge in [0.1, 0.15) is 18.0 Å². The van der Waals surface area contributed by atoms with Crippen LogP contribution in [0.15, 0.2) is 30.3 Å². The molecule has 3 rings (SSSR count). The second kappa shape index (κ2) is 9.36. The number of anilines is 1. The molecule has 0 aromatic heterocycles. The molecule has 9 heteroatoms. The third-order valence-corrected chi connectivity index (χ3v) is 6.83. The molecule has 0 bridgehead atoms. The van der Waals surface area contributed by atoms with Gasteiger partial charge in [0.2, 0.25) is 15.9 Å². The van der Waals surface area contributed by atoms with Crippen molar-refractivity contribution >= 4 is 33.2 Å². The summed E-state index contributed by atoms with van der Waals surface area (Å²) in [6, 6.07) is 8.87. The monoisotopic (exact) mass is 466 g/mol. The lowest BCUT2D eigenvalue weighted by Gasteiger charge is -2.25. The van der Waals surface area contributed by atoms with E-state index in [-0.39, 0.29) is 28.3 Å². The number of methoxy groups -OCH3 is 2. The molecular formula is C22H27ClN2O5S. The number of rotatable bonds is 8. The van der Waals surface area contributed by atoms with Crippen LogP contribution in [0.5, 0.6) is 11.5 Å². The Balaban J connectivity index is 1.83. The molecule has 0 fully saturated rings. The van der Waals surface area contributed by atoms with Crippen LogP contribution in [0.3, 0.4) is 0 Å². The Morgan fingerprint density at radius 2 is 1.81 bits per heavy atom. The quantitative estimate of drug-likeness (QED) is 0.643. The Hall–Kier alpha value is -2.45. The summed E-state index contributed by atoms with van der Waals surface area (Å²) in [6.07, 6.45) is 4.32. The second-order valence-electron chi connectivity index (χ2n) is 7.60. The number of carbonyl (C=O) groups is 1. The average Bonchev–Trinajstić information content (AvgIpc) is 3.19. The van der Waals surface area contributed by atoms with E-state index in [4.69, 9.17) is 21.1 Å². The van der Waals surface area contributed by atoms with Crippen molar-refractivity contribution in [2.45, 2.75) is 32.2 Å². The first-order chi connectivity index (χ1) is 14.6. The number of sulfonamides is 1. The molecule has 0 heterocycles. The van der Waals surface area contributed by atoms with E-state index in [1.165, 1.54) is 37.5 Å². The molecular weight excluding hydrogens is 440 g/mol. The van der Waals surface area contributed by atoms with E-state index in [0.717, 1.165) is 35.4 Å². The van der Waals surface area contributed by atoms with Crippen LogP contribution in [-0.4, -0.2) is 41.3 Å². The number of halogens is 1. The van der Waals surface area contributed by atoms with Crippen molar-refractivity contribution in [2.75, 3.05) is 31.3 Å². The molecule has 0 saturated heterocycles. The maximum atomic E-state index is 12.8. The lowest BCUT2D eigenvalue weighted by Crippen LogP contribution is -2.41. The molecule has 0 aliphatic heterocycles. The van der Waals surface area contributed by atoms with Crippen LogP contribution in [0, 0.1) is 0 Å². The second-order valence-corrected chi connectivity index (χ2v) is 9.91. The molecule has 7 nitrogen and oxygen atoms in total. The summed E-state index contributed by atoms with van der Waals surface area (Å²) in [4.78, 5) is 12.8. The van der Waals surface area contributed by atoms with Crippen molar-refractivity contribution < 1.29 is 22.7 Å². The van der Waals surface area contributed by atoms with Crippen LogP contribution in [0.4, 0.5) is 5.69 Å². The van der Waals surface area contributed by atoms with Crippen molar-refractivity contribution in [1.29, 1.82) is 0 Å². The van der Waals surface area contributed by atoms with E-state index in [1.807, 2.05) is 13.0 Å². The first-order valence-electron chi connectivity index (χ1n) is 9.94. The lowest BCUT2D eigenvalue weighted by molar-refractivity contribution is -0.120. The van der Waals surface area contributed by atoms with Gasteiger partial charge in [-0.2, -0.15) is 0 Å². The highest BCUT2D eigenvalue weighted by Crippen LogP contribution is 2.39. The predicted octanol–water partition coefficient (Wildman–Crippen LogP) is 3.49. The molecule has 1 N–H and O–H groups in total. The molecule has 1 aliphatic rings. The van der Waals surface area contributed by atoms with Crippen LogP contribution in [-0.2, 0) is 27.7 Å². The largest absolute Gasteiger partial charge is 0.495 e. The number of nitrogens with one attached hydrogen (secondary N) is 1. The van der Waals surface area contributed by atoms with Crippen LogP contribution in [0.25, 0.3) is 0 Å². The maximum absolute atomic E-state index is 12.8. The molecule has 2 aromatic rings. The fourth-order valence-corrected chi connectivity index (χ4v) is 4.86. The molecule has 168 valence electrons. The van der Waals surface area contributed by atoms with Gasteiger partial charge in [0.15, 0.2) is 0 Å². The Morgan fingerprint density at radius 1 is 1.13 bits per heavy atom. The first kappa shape index (κ1) is 23.2. The van der Waals surface area contributed by atoms with Crippen LogP contribution >= 0.6 is 11.6 Å². The molecule has 31 heavy (non-hydrogen) atoms. The summed E-state index contributed by atoms with van der Waals surface area (Å²) in [6.45, 7) is 1.47. The lowest BCUT2D eigenvalue weighted by atomic mass is 10.0. The van der Waals surface area contributed by atoms with Crippen LogP contribution in [0.2, 0.25) is 5.02 Å². The van der Waals surface area contributed by atoms with Gasteiger partial charge >= 0.3 is 0 Å². The molecule has 0 spiro atoms. The van der Waals surface area contributed by atoms with Gasteiger partial charge in [-0.15, -0.1) is 0 Å². The molecule has 0 radical (unpaired) electrons. The number of hydrogen-bond donors (Lipinski definition) is 1.